The minimum absolute atomic E-state index is 0.180. The summed E-state index contributed by atoms with van der Waals surface area (Å²) < 4.78 is 54.8. The van der Waals surface area contributed by atoms with Gasteiger partial charge in [-0.05, 0) is 30.4 Å². The zero-order valence-corrected chi connectivity index (χ0v) is 12.9. The van der Waals surface area contributed by atoms with Crippen LogP contribution in [-0.4, -0.2) is 14.5 Å². The van der Waals surface area contributed by atoms with E-state index < -0.39 is 38.7 Å². The summed E-state index contributed by atoms with van der Waals surface area (Å²) >= 11 is 0. The summed E-state index contributed by atoms with van der Waals surface area (Å²) in [7, 11) is -4.04. The van der Waals surface area contributed by atoms with Crippen LogP contribution in [-0.2, 0) is 16.6 Å². The van der Waals surface area contributed by atoms with Crippen LogP contribution in [0.5, 0.6) is 0 Å². The van der Waals surface area contributed by atoms with Gasteiger partial charge in [-0.1, -0.05) is 20.3 Å². The number of benzene rings is 1. The molecule has 1 aliphatic carbocycles. The van der Waals surface area contributed by atoms with Crippen LogP contribution >= 0.6 is 0 Å². The molecule has 4 nitrogen and oxygen atoms in total. The lowest BCUT2D eigenvalue weighted by atomic mass is 9.88. The van der Waals surface area contributed by atoms with Crippen molar-refractivity contribution < 1.29 is 17.2 Å². The Balaban J connectivity index is 2.37. The molecule has 7 heteroatoms. The molecule has 2 rings (SSSR count). The summed E-state index contributed by atoms with van der Waals surface area (Å²) in [5.41, 5.74) is 4.68. The molecule has 1 aromatic carbocycles. The molecule has 1 aliphatic rings. The molecular formula is C14H20F2N2O2S. The van der Waals surface area contributed by atoms with Gasteiger partial charge in [0.1, 0.15) is 10.7 Å². The summed E-state index contributed by atoms with van der Waals surface area (Å²) in [5.74, 6) is -1.95. The Hall–Kier alpha value is -1.05. The van der Waals surface area contributed by atoms with Gasteiger partial charge in [-0.3, -0.25) is 0 Å². The minimum atomic E-state index is -4.04. The largest absolute Gasteiger partial charge is 0.326 e. The molecule has 0 bridgehead atoms. The fraction of sp³-hybridized carbons (Fsp3) is 0.571. The number of hydrogen-bond donors (Lipinski definition) is 2. The second-order valence-electron chi connectivity index (χ2n) is 6.10. The molecule has 21 heavy (non-hydrogen) atoms. The summed E-state index contributed by atoms with van der Waals surface area (Å²) in [4.78, 5) is -0.549. The Labute approximate surface area is 123 Å². The third kappa shape index (κ3) is 3.09. The maximum Gasteiger partial charge on any atom is 0.243 e. The quantitative estimate of drug-likeness (QED) is 0.894. The summed E-state index contributed by atoms with van der Waals surface area (Å²) in [6, 6.07) is 1.61. The van der Waals surface area contributed by atoms with E-state index in [0.29, 0.717) is 6.42 Å². The van der Waals surface area contributed by atoms with Crippen molar-refractivity contribution in [1.29, 1.82) is 0 Å². The van der Waals surface area contributed by atoms with E-state index in [1.807, 2.05) is 13.8 Å². The number of nitrogens with two attached hydrogens (primary N) is 1. The Morgan fingerprint density at radius 1 is 1.38 bits per heavy atom. The van der Waals surface area contributed by atoms with Crippen LogP contribution in [0.3, 0.4) is 0 Å². The van der Waals surface area contributed by atoms with Crippen LogP contribution in [0, 0.1) is 17.0 Å². The molecule has 1 aromatic rings. The van der Waals surface area contributed by atoms with Gasteiger partial charge in [0.05, 0.1) is 0 Å². The highest BCUT2D eigenvalue weighted by Gasteiger charge is 2.38. The molecule has 1 fully saturated rings. The molecule has 1 atom stereocenters. The van der Waals surface area contributed by atoms with Crippen molar-refractivity contribution in [3.05, 3.63) is 29.3 Å². The first-order valence-corrected chi connectivity index (χ1v) is 8.36. The highest BCUT2D eigenvalue weighted by atomic mass is 32.2. The predicted molar refractivity (Wildman–Crippen MR) is 76.0 cm³/mol. The molecule has 3 N–H and O–H groups in total. The third-order valence-corrected chi connectivity index (χ3v) is 5.69. The van der Waals surface area contributed by atoms with Crippen molar-refractivity contribution >= 4 is 10.0 Å². The van der Waals surface area contributed by atoms with Crippen molar-refractivity contribution in [3.63, 3.8) is 0 Å². The molecular weight excluding hydrogens is 298 g/mol. The first-order valence-electron chi connectivity index (χ1n) is 6.88. The maximum absolute atomic E-state index is 14.2. The molecule has 1 saturated carbocycles. The molecule has 0 aromatic heterocycles. The number of hydrogen-bond acceptors (Lipinski definition) is 3. The topological polar surface area (TPSA) is 72.2 Å². The summed E-state index contributed by atoms with van der Waals surface area (Å²) in [6.45, 7) is 3.55. The van der Waals surface area contributed by atoms with Crippen LogP contribution in [0.1, 0.15) is 38.7 Å². The average Bonchev–Trinajstić information content (AvgIpc) is 2.68. The van der Waals surface area contributed by atoms with Crippen molar-refractivity contribution in [3.8, 4) is 0 Å². The van der Waals surface area contributed by atoms with Gasteiger partial charge >= 0.3 is 0 Å². The smallest absolute Gasteiger partial charge is 0.243 e. The number of sulfonamides is 1. The second-order valence-corrected chi connectivity index (χ2v) is 7.78. The normalized spacial score (nSPS) is 21.7. The van der Waals surface area contributed by atoms with E-state index in [4.69, 9.17) is 5.73 Å². The van der Waals surface area contributed by atoms with Gasteiger partial charge in [0, 0.05) is 18.2 Å². The Kier molecular flexibility index (Phi) is 4.37. The third-order valence-electron chi connectivity index (χ3n) is 4.20. The van der Waals surface area contributed by atoms with Gasteiger partial charge in [-0.15, -0.1) is 0 Å². The van der Waals surface area contributed by atoms with Crippen LogP contribution in [0.4, 0.5) is 8.78 Å². The SMILES string of the molecule is CC1(C)CCCC1NS(=O)(=O)c1ccc(F)c(CN)c1F. The molecule has 0 radical (unpaired) electrons. The highest BCUT2D eigenvalue weighted by molar-refractivity contribution is 7.89. The van der Waals surface area contributed by atoms with E-state index in [9.17, 15) is 17.2 Å². The molecule has 0 heterocycles. The molecule has 0 saturated heterocycles. The van der Waals surface area contributed by atoms with Crippen LogP contribution in [0.2, 0.25) is 0 Å². The van der Waals surface area contributed by atoms with Crippen LogP contribution < -0.4 is 10.5 Å². The van der Waals surface area contributed by atoms with Gasteiger partial charge in [0.2, 0.25) is 10.0 Å². The van der Waals surface area contributed by atoms with E-state index in [2.05, 4.69) is 4.72 Å². The predicted octanol–water partition coefficient (Wildman–Crippen LogP) is 2.28. The number of halogens is 2. The Morgan fingerprint density at radius 2 is 2.05 bits per heavy atom. The van der Waals surface area contributed by atoms with E-state index in [1.54, 1.807) is 0 Å². The van der Waals surface area contributed by atoms with E-state index in [-0.39, 0.29) is 11.5 Å². The van der Waals surface area contributed by atoms with Gasteiger partial charge in [0.25, 0.3) is 0 Å². The zero-order valence-electron chi connectivity index (χ0n) is 12.1. The van der Waals surface area contributed by atoms with Gasteiger partial charge < -0.3 is 5.73 Å². The minimum Gasteiger partial charge on any atom is -0.326 e. The second kappa shape index (κ2) is 5.62. The molecule has 0 amide bonds. The monoisotopic (exact) mass is 318 g/mol. The molecule has 0 spiro atoms. The fourth-order valence-electron chi connectivity index (χ4n) is 2.77. The van der Waals surface area contributed by atoms with Crippen molar-refractivity contribution in [2.45, 2.75) is 50.6 Å². The number of rotatable bonds is 4. The van der Waals surface area contributed by atoms with Crippen LogP contribution in [0.15, 0.2) is 17.0 Å². The van der Waals surface area contributed by atoms with Crippen molar-refractivity contribution in [2.24, 2.45) is 11.1 Å². The van der Waals surface area contributed by atoms with E-state index >= 15 is 0 Å². The number of nitrogens with one attached hydrogen (secondary N) is 1. The Bertz CT molecular complexity index is 645. The lowest BCUT2D eigenvalue weighted by Gasteiger charge is -2.27. The summed E-state index contributed by atoms with van der Waals surface area (Å²) in [6.07, 6.45) is 2.53. The molecule has 1 unspecified atom stereocenters. The average molecular weight is 318 g/mol. The van der Waals surface area contributed by atoms with Gasteiger partial charge in [-0.2, -0.15) is 0 Å². The molecule has 0 aliphatic heterocycles. The lowest BCUT2D eigenvalue weighted by molar-refractivity contribution is 0.312. The zero-order chi connectivity index (χ0) is 15.8. The fourth-order valence-corrected chi connectivity index (χ4v) is 4.31. The van der Waals surface area contributed by atoms with Gasteiger partial charge in [0.15, 0.2) is 5.82 Å². The Morgan fingerprint density at radius 3 is 2.57 bits per heavy atom. The van der Waals surface area contributed by atoms with E-state index in [1.165, 1.54) is 0 Å². The first-order chi connectivity index (χ1) is 9.69. The maximum atomic E-state index is 14.2. The molecule has 118 valence electrons. The van der Waals surface area contributed by atoms with Crippen molar-refractivity contribution in [2.75, 3.05) is 0 Å². The van der Waals surface area contributed by atoms with Crippen LogP contribution in [0.25, 0.3) is 0 Å². The standard InChI is InChI=1S/C14H20F2N2O2S/c1-14(2)7-3-4-12(14)18-21(19,20)11-6-5-10(15)9(8-17)13(11)16/h5-6,12,18H,3-4,7-8,17H2,1-2H3. The van der Waals surface area contributed by atoms with Gasteiger partial charge in [-0.25, -0.2) is 21.9 Å². The lowest BCUT2D eigenvalue weighted by Crippen LogP contribution is -2.41. The summed E-state index contributed by atoms with van der Waals surface area (Å²) in [5, 5.41) is 0. The van der Waals surface area contributed by atoms with E-state index in [0.717, 1.165) is 25.0 Å². The van der Waals surface area contributed by atoms with Crippen molar-refractivity contribution in [1.82, 2.24) is 4.72 Å². The highest BCUT2D eigenvalue weighted by Crippen LogP contribution is 2.38. The first kappa shape index (κ1) is 16.3.